The molecule has 1 amide bonds. The van der Waals surface area contributed by atoms with E-state index in [1.807, 2.05) is 6.07 Å². The van der Waals surface area contributed by atoms with Gasteiger partial charge in [-0.2, -0.15) is 0 Å². The lowest BCUT2D eigenvalue weighted by Gasteiger charge is -2.44. The van der Waals surface area contributed by atoms with Crippen molar-refractivity contribution in [2.75, 3.05) is 13.1 Å². The van der Waals surface area contributed by atoms with Crippen molar-refractivity contribution >= 4 is 18.3 Å². The molecular weight excluding hydrogens is 272 g/mol. The van der Waals surface area contributed by atoms with Crippen molar-refractivity contribution < 1.29 is 4.79 Å². The van der Waals surface area contributed by atoms with Crippen LogP contribution in [0.3, 0.4) is 0 Å². The van der Waals surface area contributed by atoms with E-state index in [-0.39, 0.29) is 29.8 Å². The molecule has 1 atom stereocenters. The molecule has 3 rings (SSSR count). The second-order valence-corrected chi connectivity index (χ2v) is 6.00. The van der Waals surface area contributed by atoms with Crippen LogP contribution in [0.5, 0.6) is 0 Å². The summed E-state index contributed by atoms with van der Waals surface area (Å²) in [4.78, 5) is 12.4. The number of nitrogens with one attached hydrogen (secondary N) is 2. The van der Waals surface area contributed by atoms with E-state index in [0.717, 1.165) is 25.9 Å². The van der Waals surface area contributed by atoms with Crippen LogP contribution in [0.1, 0.15) is 31.7 Å². The normalized spacial score (nSPS) is 21.9. The van der Waals surface area contributed by atoms with Crippen LogP contribution in [-0.4, -0.2) is 19.0 Å². The zero-order valence-corrected chi connectivity index (χ0v) is 12.7. The zero-order valence-electron chi connectivity index (χ0n) is 11.9. The van der Waals surface area contributed by atoms with Gasteiger partial charge in [0.1, 0.15) is 0 Å². The molecule has 4 heteroatoms. The van der Waals surface area contributed by atoms with E-state index < -0.39 is 0 Å². The Kier molecular flexibility index (Phi) is 4.71. The van der Waals surface area contributed by atoms with Crippen LogP contribution < -0.4 is 10.6 Å². The maximum atomic E-state index is 12.4. The maximum absolute atomic E-state index is 12.4. The molecule has 20 heavy (non-hydrogen) atoms. The second kappa shape index (κ2) is 6.15. The van der Waals surface area contributed by atoms with E-state index >= 15 is 0 Å². The highest BCUT2D eigenvalue weighted by Gasteiger charge is 2.41. The fourth-order valence-electron chi connectivity index (χ4n) is 3.00. The number of hydrogen-bond donors (Lipinski definition) is 2. The first-order chi connectivity index (χ1) is 9.21. The Hall–Kier alpha value is -1.06. The average Bonchev–Trinajstić information content (AvgIpc) is 2.32. The van der Waals surface area contributed by atoms with E-state index in [0.29, 0.717) is 5.92 Å². The molecule has 1 aliphatic heterocycles. The lowest BCUT2D eigenvalue weighted by atomic mass is 9.71. The molecule has 110 valence electrons. The number of carbonyl (C=O) groups is 1. The Balaban J connectivity index is 0.00000147. The average molecular weight is 295 g/mol. The number of halogens is 1. The SMILES string of the molecule is CC(C(=O)NC1(c2ccccc2)CCC1)C1CNC1.Cl. The highest BCUT2D eigenvalue weighted by Crippen LogP contribution is 2.41. The summed E-state index contributed by atoms with van der Waals surface area (Å²) in [6, 6.07) is 10.4. The molecule has 0 radical (unpaired) electrons. The number of hydrogen-bond acceptors (Lipinski definition) is 2. The monoisotopic (exact) mass is 294 g/mol. The zero-order chi connectivity index (χ0) is 13.3. The maximum Gasteiger partial charge on any atom is 0.223 e. The summed E-state index contributed by atoms with van der Waals surface area (Å²) in [7, 11) is 0. The Morgan fingerprint density at radius 1 is 1.30 bits per heavy atom. The van der Waals surface area contributed by atoms with Crippen molar-refractivity contribution in [3.63, 3.8) is 0 Å². The van der Waals surface area contributed by atoms with E-state index in [2.05, 4.69) is 41.8 Å². The molecule has 1 aliphatic carbocycles. The summed E-state index contributed by atoms with van der Waals surface area (Å²) < 4.78 is 0. The van der Waals surface area contributed by atoms with Gasteiger partial charge in [-0.05, 0) is 43.8 Å². The van der Waals surface area contributed by atoms with E-state index in [9.17, 15) is 4.79 Å². The Bertz CT molecular complexity index is 455. The molecule has 1 aromatic rings. The third-order valence-corrected chi connectivity index (χ3v) is 4.83. The van der Waals surface area contributed by atoms with Crippen molar-refractivity contribution in [2.45, 2.75) is 31.7 Å². The van der Waals surface area contributed by atoms with Gasteiger partial charge in [-0.3, -0.25) is 4.79 Å². The molecule has 0 bridgehead atoms. The molecule has 2 fully saturated rings. The third-order valence-electron chi connectivity index (χ3n) is 4.83. The molecule has 0 aromatic heterocycles. The van der Waals surface area contributed by atoms with Gasteiger partial charge in [0.25, 0.3) is 0 Å². The second-order valence-electron chi connectivity index (χ2n) is 6.00. The van der Waals surface area contributed by atoms with Crippen LogP contribution in [0.25, 0.3) is 0 Å². The van der Waals surface area contributed by atoms with Crippen molar-refractivity contribution in [3.8, 4) is 0 Å². The first-order valence-electron chi connectivity index (χ1n) is 7.29. The molecule has 1 saturated carbocycles. The van der Waals surface area contributed by atoms with Crippen LogP contribution >= 0.6 is 12.4 Å². The van der Waals surface area contributed by atoms with Gasteiger partial charge in [0.2, 0.25) is 5.91 Å². The van der Waals surface area contributed by atoms with Crippen molar-refractivity contribution in [1.29, 1.82) is 0 Å². The Labute approximate surface area is 126 Å². The number of carbonyl (C=O) groups excluding carboxylic acids is 1. The standard InChI is InChI=1S/C16H22N2O.ClH/c1-12(13-10-17-11-13)15(19)18-16(8-5-9-16)14-6-3-2-4-7-14;/h2-4,6-7,12-13,17H,5,8-11H2,1H3,(H,18,19);1H. The van der Waals surface area contributed by atoms with E-state index in [1.54, 1.807) is 0 Å². The Morgan fingerprint density at radius 3 is 2.40 bits per heavy atom. The van der Waals surface area contributed by atoms with Gasteiger partial charge in [0.05, 0.1) is 5.54 Å². The summed E-state index contributed by atoms with van der Waals surface area (Å²) >= 11 is 0. The van der Waals surface area contributed by atoms with Crippen LogP contribution in [0.15, 0.2) is 30.3 Å². The molecule has 1 saturated heterocycles. The van der Waals surface area contributed by atoms with E-state index in [4.69, 9.17) is 0 Å². The molecule has 2 N–H and O–H groups in total. The van der Waals surface area contributed by atoms with Crippen molar-refractivity contribution in [3.05, 3.63) is 35.9 Å². The van der Waals surface area contributed by atoms with Crippen LogP contribution in [-0.2, 0) is 10.3 Å². The van der Waals surface area contributed by atoms with Crippen LogP contribution in [0.2, 0.25) is 0 Å². The molecule has 0 spiro atoms. The summed E-state index contributed by atoms with van der Waals surface area (Å²) in [5.41, 5.74) is 1.16. The van der Waals surface area contributed by atoms with Crippen LogP contribution in [0, 0.1) is 11.8 Å². The van der Waals surface area contributed by atoms with Crippen molar-refractivity contribution in [2.24, 2.45) is 11.8 Å². The Morgan fingerprint density at radius 2 is 1.95 bits per heavy atom. The minimum absolute atomic E-state index is 0. The van der Waals surface area contributed by atoms with Gasteiger partial charge >= 0.3 is 0 Å². The van der Waals surface area contributed by atoms with Gasteiger partial charge < -0.3 is 10.6 Å². The van der Waals surface area contributed by atoms with Gasteiger partial charge in [-0.1, -0.05) is 37.3 Å². The van der Waals surface area contributed by atoms with Crippen LogP contribution in [0.4, 0.5) is 0 Å². The molecule has 1 aromatic carbocycles. The molecular formula is C16H23ClN2O. The van der Waals surface area contributed by atoms with Gasteiger partial charge in [-0.15, -0.1) is 12.4 Å². The first-order valence-corrected chi connectivity index (χ1v) is 7.29. The first kappa shape index (κ1) is 15.3. The summed E-state index contributed by atoms with van der Waals surface area (Å²) in [6.45, 7) is 4.01. The van der Waals surface area contributed by atoms with Gasteiger partial charge in [0, 0.05) is 5.92 Å². The summed E-state index contributed by atoms with van der Waals surface area (Å²) in [6.07, 6.45) is 3.34. The number of rotatable bonds is 4. The third kappa shape index (κ3) is 2.70. The molecule has 1 unspecified atom stereocenters. The largest absolute Gasteiger partial charge is 0.346 e. The minimum atomic E-state index is -0.0935. The number of benzene rings is 1. The highest BCUT2D eigenvalue weighted by atomic mass is 35.5. The minimum Gasteiger partial charge on any atom is -0.346 e. The quantitative estimate of drug-likeness (QED) is 0.896. The molecule has 1 heterocycles. The lowest BCUT2D eigenvalue weighted by Crippen LogP contribution is -2.56. The van der Waals surface area contributed by atoms with Gasteiger partial charge in [-0.25, -0.2) is 0 Å². The fraction of sp³-hybridized carbons (Fsp3) is 0.562. The predicted octanol–water partition coefficient (Wildman–Crippen LogP) is 2.46. The number of amides is 1. The fourth-order valence-corrected chi connectivity index (χ4v) is 3.00. The van der Waals surface area contributed by atoms with Gasteiger partial charge in [0.15, 0.2) is 0 Å². The predicted molar refractivity (Wildman–Crippen MR) is 82.9 cm³/mol. The lowest BCUT2D eigenvalue weighted by molar-refractivity contribution is -0.130. The summed E-state index contributed by atoms with van der Waals surface area (Å²) in [5.74, 6) is 0.838. The molecule has 2 aliphatic rings. The topological polar surface area (TPSA) is 41.1 Å². The summed E-state index contributed by atoms with van der Waals surface area (Å²) in [5, 5.41) is 6.57. The van der Waals surface area contributed by atoms with Crippen molar-refractivity contribution in [1.82, 2.24) is 10.6 Å². The molecule has 3 nitrogen and oxygen atoms in total. The van der Waals surface area contributed by atoms with E-state index in [1.165, 1.54) is 12.0 Å². The highest BCUT2D eigenvalue weighted by molar-refractivity contribution is 5.85. The smallest absolute Gasteiger partial charge is 0.223 e.